The molecule has 0 aromatic heterocycles. The van der Waals surface area contributed by atoms with Gasteiger partial charge in [0.25, 0.3) is 0 Å². The fourth-order valence-corrected chi connectivity index (χ4v) is 4.00. The number of ether oxygens (including phenoxy) is 1. The standard InChI is InChI=1S/C15H21NOS/c1-17-14-5-3-2-4-13(14)15(7-8-15)11-16-12-6-9-18-10-12/h2-5,12,16H,6-11H2,1H3/t12-/m0/s1. The fraction of sp³-hybridized carbons (Fsp3) is 0.600. The van der Waals surface area contributed by atoms with Gasteiger partial charge in [-0.2, -0.15) is 11.8 Å². The molecule has 98 valence electrons. The second-order valence-corrected chi connectivity index (χ2v) is 6.57. The number of methoxy groups -OCH3 is 1. The quantitative estimate of drug-likeness (QED) is 0.882. The molecular weight excluding hydrogens is 242 g/mol. The minimum atomic E-state index is 0.347. The summed E-state index contributed by atoms with van der Waals surface area (Å²) in [5.74, 6) is 3.65. The van der Waals surface area contributed by atoms with E-state index in [4.69, 9.17) is 4.74 Å². The van der Waals surface area contributed by atoms with Crippen molar-refractivity contribution in [3.63, 3.8) is 0 Å². The lowest BCUT2D eigenvalue weighted by Crippen LogP contribution is -2.35. The zero-order valence-corrected chi connectivity index (χ0v) is 11.8. The van der Waals surface area contributed by atoms with E-state index in [0.717, 1.165) is 18.3 Å². The summed E-state index contributed by atoms with van der Waals surface area (Å²) in [5, 5.41) is 3.76. The van der Waals surface area contributed by atoms with Crippen LogP contribution >= 0.6 is 11.8 Å². The molecule has 1 N–H and O–H groups in total. The van der Waals surface area contributed by atoms with Gasteiger partial charge in [0.15, 0.2) is 0 Å². The number of benzene rings is 1. The molecule has 0 unspecified atom stereocenters. The molecule has 0 amide bonds. The Bertz CT molecular complexity index is 411. The summed E-state index contributed by atoms with van der Waals surface area (Å²) in [6, 6.07) is 9.22. The molecule has 1 aromatic carbocycles. The van der Waals surface area contributed by atoms with Gasteiger partial charge < -0.3 is 10.1 Å². The van der Waals surface area contributed by atoms with E-state index in [9.17, 15) is 0 Å². The molecule has 3 heteroatoms. The van der Waals surface area contributed by atoms with E-state index in [2.05, 4.69) is 41.3 Å². The van der Waals surface area contributed by atoms with Crippen LogP contribution in [0.3, 0.4) is 0 Å². The number of para-hydroxylation sites is 1. The molecule has 1 saturated carbocycles. The van der Waals surface area contributed by atoms with Crippen LogP contribution < -0.4 is 10.1 Å². The average Bonchev–Trinajstić information content (AvgIpc) is 3.03. The summed E-state index contributed by atoms with van der Waals surface area (Å²) < 4.78 is 5.51. The molecule has 2 nitrogen and oxygen atoms in total. The number of thioether (sulfide) groups is 1. The third-order valence-electron chi connectivity index (χ3n) is 4.19. The lowest BCUT2D eigenvalue weighted by molar-refractivity contribution is 0.399. The molecule has 2 aliphatic rings. The van der Waals surface area contributed by atoms with E-state index < -0.39 is 0 Å². The maximum absolute atomic E-state index is 5.51. The van der Waals surface area contributed by atoms with E-state index in [1.165, 1.54) is 36.3 Å². The maximum Gasteiger partial charge on any atom is 0.122 e. The maximum atomic E-state index is 5.51. The first-order valence-corrected chi connectivity index (χ1v) is 7.94. The summed E-state index contributed by atoms with van der Waals surface area (Å²) in [4.78, 5) is 0. The SMILES string of the molecule is COc1ccccc1C1(CN[C@H]2CCSC2)CC1. The second kappa shape index (κ2) is 5.14. The van der Waals surface area contributed by atoms with Crippen LogP contribution in [0.25, 0.3) is 0 Å². The van der Waals surface area contributed by atoms with Gasteiger partial charge in [0.2, 0.25) is 0 Å². The third-order valence-corrected chi connectivity index (χ3v) is 5.35. The summed E-state index contributed by atoms with van der Waals surface area (Å²) in [6.45, 7) is 1.11. The van der Waals surface area contributed by atoms with Crippen LogP contribution in [0.4, 0.5) is 0 Å². The Balaban J connectivity index is 1.69. The summed E-state index contributed by atoms with van der Waals surface area (Å²) >= 11 is 2.07. The number of hydrogen-bond acceptors (Lipinski definition) is 3. The molecule has 18 heavy (non-hydrogen) atoms. The second-order valence-electron chi connectivity index (χ2n) is 5.42. The van der Waals surface area contributed by atoms with Crippen LogP contribution in [0.15, 0.2) is 24.3 Å². The van der Waals surface area contributed by atoms with Crippen LogP contribution in [-0.2, 0) is 5.41 Å². The lowest BCUT2D eigenvalue weighted by atomic mass is 9.94. The zero-order valence-electron chi connectivity index (χ0n) is 10.9. The molecule has 1 heterocycles. The van der Waals surface area contributed by atoms with Gasteiger partial charge in [0, 0.05) is 29.3 Å². The minimum absolute atomic E-state index is 0.347. The van der Waals surface area contributed by atoms with E-state index in [1.807, 2.05) is 0 Å². The Morgan fingerprint density at radius 3 is 2.89 bits per heavy atom. The molecule has 1 aromatic rings. The van der Waals surface area contributed by atoms with Gasteiger partial charge in [-0.05, 0) is 31.1 Å². The minimum Gasteiger partial charge on any atom is -0.496 e. The van der Waals surface area contributed by atoms with Gasteiger partial charge in [0.05, 0.1) is 7.11 Å². The Labute approximate surface area is 113 Å². The highest BCUT2D eigenvalue weighted by molar-refractivity contribution is 7.99. The first-order valence-electron chi connectivity index (χ1n) is 6.79. The molecule has 0 bridgehead atoms. The molecule has 1 aliphatic heterocycles. The van der Waals surface area contributed by atoms with Gasteiger partial charge in [0.1, 0.15) is 5.75 Å². The van der Waals surface area contributed by atoms with Crippen LogP contribution in [0.2, 0.25) is 0 Å². The smallest absolute Gasteiger partial charge is 0.122 e. The van der Waals surface area contributed by atoms with Gasteiger partial charge in [-0.15, -0.1) is 0 Å². The van der Waals surface area contributed by atoms with Crippen LogP contribution in [0, 0.1) is 0 Å². The normalized spacial score (nSPS) is 25.1. The first kappa shape index (κ1) is 12.4. The summed E-state index contributed by atoms with van der Waals surface area (Å²) in [6.07, 6.45) is 3.91. The van der Waals surface area contributed by atoms with E-state index in [0.29, 0.717) is 5.41 Å². The Kier molecular flexibility index (Phi) is 3.53. The van der Waals surface area contributed by atoms with Gasteiger partial charge in [-0.25, -0.2) is 0 Å². The van der Waals surface area contributed by atoms with E-state index in [1.54, 1.807) is 7.11 Å². The molecular formula is C15H21NOS. The van der Waals surface area contributed by atoms with Crippen molar-refractivity contribution < 1.29 is 4.74 Å². The number of rotatable bonds is 5. The highest BCUT2D eigenvalue weighted by atomic mass is 32.2. The first-order chi connectivity index (χ1) is 8.84. The van der Waals surface area contributed by atoms with Crippen molar-refractivity contribution in [1.29, 1.82) is 0 Å². The van der Waals surface area contributed by atoms with Gasteiger partial charge >= 0.3 is 0 Å². The summed E-state index contributed by atoms with van der Waals surface area (Å²) in [5.41, 5.74) is 1.74. The van der Waals surface area contributed by atoms with Crippen molar-refractivity contribution in [2.24, 2.45) is 0 Å². The van der Waals surface area contributed by atoms with Crippen molar-refractivity contribution in [3.8, 4) is 5.75 Å². The van der Waals surface area contributed by atoms with Gasteiger partial charge in [-0.1, -0.05) is 18.2 Å². The highest BCUT2D eigenvalue weighted by Crippen LogP contribution is 2.50. The molecule has 1 saturated heterocycles. The topological polar surface area (TPSA) is 21.3 Å². The predicted octanol–water partition coefficient (Wildman–Crippen LogP) is 2.82. The lowest BCUT2D eigenvalue weighted by Gasteiger charge is -2.21. The number of hydrogen-bond donors (Lipinski definition) is 1. The van der Waals surface area contributed by atoms with Crippen molar-refractivity contribution in [2.45, 2.75) is 30.7 Å². The van der Waals surface area contributed by atoms with Crippen molar-refractivity contribution in [1.82, 2.24) is 5.32 Å². The zero-order chi connectivity index (χ0) is 12.4. The average molecular weight is 263 g/mol. The molecule has 2 fully saturated rings. The van der Waals surface area contributed by atoms with E-state index >= 15 is 0 Å². The predicted molar refractivity (Wildman–Crippen MR) is 77.6 cm³/mol. The Morgan fingerprint density at radius 2 is 2.22 bits per heavy atom. The summed E-state index contributed by atoms with van der Waals surface area (Å²) in [7, 11) is 1.77. The molecule has 0 radical (unpaired) electrons. The molecule has 1 aliphatic carbocycles. The number of nitrogens with one attached hydrogen (secondary N) is 1. The molecule has 1 atom stereocenters. The van der Waals surface area contributed by atoms with Crippen molar-refractivity contribution in [2.75, 3.05) is 25.2 Å². The fourth-order valence-electron chi connectivity index (χ4n) is 2.81. The van der Waals surface area contributed by atoms with Crippen LogP contribution in [-0.4, -0.2) is 31.2 Å². The highest BCUT2D eigenvalue weighted by Gasteiger charge is 2.46. The monoisotopic (exact) mass is 263 g/mol. The largest absolute Gasteiger partial charge is 0.496 e. The van der Waals surface area contributed by atoms with Gasteiger partial charge in [-0.3, -0.25) is 0 Å². The van der Waals surface area contributed by atoms with Crippen LogP contribution in [0.1, 0.15) is 24.8 Å². The van der Waals surface area contributed by atoms with Crippen molar-refractivity contribution in [3.05, 3.63) is 29.8 Å². The van der Waals surface area contributed by atoms with Crippen LogP contribution in [0.5, 0.6) is 5.75 Å². The Morgan fingerprint density at radius 1 is 1.39 bits per heavy atom. The third kappa shape index (κ3) is 2.39. The van der Waals surface area contributed by atoms with E-state index in [-0.39, 0.29) is 0 Å². The molecule has 3 rings (SSSR count). The molecule has 0 spiro atoms. The van der Waals surface area contributed by atoms with Crippen molar-refractivity contribution >= 4 is 11.8 Å². The Hall–Kier alpha value is -0.670.